The summed E-state index contributed by atoms with van der Waals surface area (Å²) in [5, 5.41) is 10.0. The Morgan fingerprint density at radius 1 is 1.14 bits per heavy atom. The third kappa shape index (κ3) is 2.58. The summed E-state index contributed by atoms with van der Waals surface area (Å²) in [6.45, 7) is 2.24. The molecule has 6 rings (SSSR count). The molecule has 144 valence electrons. The van der Waals surface area contributed by atoms with Gasteiger partial charge in [-0.15, -0.1) is 0 Å². The van der Waals surface area contributed by atoms with E-state index in [9.17, 15) is 14.7 Å². The third-order valence-corrected chi connectivity index (χ3v) is 7.61. The highest BCUT2D eigenvalue weighted by Gasteiger charge is 2.60. The third-order valence-electron chi connectivity index (χ3n) is 6.50. The van der Waals surface area contributed by atoms with Gasteiger partial charge in [-0.1, -0.05) is 32.3 Å². The van der Waals surface area contributed by atoms with Crippen molar-refractivity contribution in [1.82, 2.24) is 9.88 Å². The number of hydrogen-bond acceptors (Lipinski definition) is 5. The Balaban J connectivity index is 1.43. The van der Waals surface area contributed by atoms with Crippen LogP contribution >= 0.6 is 11.8 Å². The number of imide groups is 1. The number of aromatic hydroxyl groups is 1. The Morgan fingerprint density at radius 2 is 1.93 bits per heavy atom. The molecule has 4 aliphatic rings. The van der Waals surface area contributed by atoms with E-state index in [4.69, 9.17) is 0 Å². The second kappa shape index (κ2) is 6.34. The van der Waals surface area contributed by atoms with Crippen LogP contribution < -0.4 is 0 Å². The van der Waals surface area contributed by atoms with Gasteiger partial charge in [-0.3, -0.25) is 19.5 Å². The van der Waals surface area contributed by atoms with Gasteiger partial charge in [0.25, 0.3) is 5.24 Å². The van der Waals surface area contributed by atoms with Gasteiger partial charge in [-0.25, -0.2) is 0 Å². The van der Waals surface area contributed by atoms with Crippen molar-refractivity contribution in [2.24, 2.45) is 0 Å². The number of rotatable bonds is 3. The molecule has 4 heterocycles. The number of β-lactam (4-membered cyclic amide) rings is 1. The number of thioether (sulfide) groups is 1. The Bertz CT molecular complexity index is 958. The van der Waals surface area contributed by atoms with Crippen LogP contribution in [-0.4, -0.2) is 31.4 Å². The average molecular weight is 394 g/mol. The van der Waals surface area contributed by atoms with Gasteiger partial charge in [-0.2, -0.15) is 0 Å². The minimum atomic E-state index is -0.285. The number of aromatic nitrogens is 1. The van der Waals surface area contributed by atoms with Gasteiger partial charge >= 0.3 is 0 Å². The Labute approximate surface area is 168 Å². The Kier molecular flexibility index (Phi) is 4.02. The van der Waals surface area contributed by atoms with E-state index in [0.717, 1.165) is 47.0 Å². The van der Waals surface area contributed by atoms with Crippen LogP contribution in [-0.2, 0) is 10.2 Å². The molecule has 6 heteroatoms. The molecule has 2 amide bonds. The number of benzene rings is 1. The Morgan fingerprint density at radius 3 is 2.54 bits per heavy atom. The molecule has 28 heavy (non-hydrogen) atoms. The number of phenolic OH excluding ortho intramolecular Hbond substituents is 1. The van der Waals surface area contributed by atoms with Crippen LogP contribution in [0.3, 0.4) is 0 Å². The summed E-state index contributed by atoms with van der Waals surface area (Å²) in [7, 11) is 0. The molecule has 0 radical (unpaired) electrons. The fraction of sp³-hybridized carbons (Fsp3) is 0.409. The van der Waals surface area contributed by atoms with Crippen molar-refractivity contribution in [2.75, 3.05) is 0 Å². The maximum atomic E-state index is 11.8. The first-order valence-electron chi connectivity index (χ1n) is 9.81. The molecular formula is C22H22N2O3S. The molecule has 3 aliphatic heterocycles. The zero-order chi connectivity index (χ0) is 19.5. The Hall–Kier alpha value is -2.34. The molecule has 2 bridgehead atoms. The minimum absolute atomic E-state index is 0.00857. The zero-order valence-corrected chi connectivity index (χ0v) is 16.5. The lowest BCUT2D eigenvalue weighted by Gasteiger charge is -2.35. The quantitative estimate of drug-likeness (QED) is 0.758. The van der Waals surface area contributed by atoms with E-state index in [0.29, 0.717) is 5.75 Å². The van der Waals surface area contributed by atoms with E-state index in [1.54, 1.807) is 12.3 Å². The molecule has 2 unspecified atom stereocenters. The molecule has 1 N–H and O–H groups in total. The van der Waals surface area contributed by atoms with Crippen LogP contribution in [0, 0.1) is 0 Å². The first-order valence-corrected chi connectivity index (χ1v) is 10.7. The van der Waals surface area contributed by atoms with Gasteiger partial charge in [0.05, 0.1) is 11.7 Å². The molecule has 1 aromatic carbocycles. The van der Waals surface area contributed by atoms with E-state index < -0.39 is 0 Å². The van der Waals surface area contributed by atoms with E-state index in [1.807, 2.05) is 18.2 Å². The lowest BCUT2D eigenvalue weighted by molar-refractivity contribution is -0.137. The van der Waals surface area contributed by atoms with Crippen molar-refractivity contribution in [1.29, 1.82) is 0 Å². The van der Waals surface area contributed by atoms with Crippen molar-refractivity contribution in [3.05, 3.63) is 47.7 Å². The van der Waals surface area contributed by atoms with Gasteiger partial charge in [-0.05, 0) is 59.8 Å². The number of carbonyl (C=O) groups excluding carboxylic acids is 2. The molecule has 1 aliphatic carbocycles. The van der Waals surface area contributed by atoms with Gasteiger partial charge < -0.3 is 5.11 Å². The SMILES string of the molecule is CC1(c2cc(-c3ccc(C4C5SC(=O)N4C5=O)cn3)ccc2O)CCCCC1. The van der Waals surface area contributed by atoms with Crippen LogP contribution in [0.1, 0.15) is 56.2 Å². The van der Waals surface area contributed by atoms with Crippen LogP contribution in [0.2, 0.25) is 0 Å². The monoisotopic (exact) mass is 394 g/mol. The van der Waals surface area contributed by atoms with Gasteiger partial charge in [0, 0.05) is 17.3 Å². The fourth-order valence-corrected chi connectivity index (χ4v) is 5.96. The average Bonchev–Trinajstić information content (AvgIpc) is 3.21. The molecule has 3 saturated heterocycles. The highest BCUT2D eigenvalue weighted by Crippen LogP contribution is 2.51. The molecule has 5 nitrogen and oxygen atoms in total. The summed E-state index contributed by atoms with van der Waals surface area (Å²) < 4.78 is 0. The van der Waals surface area contributed by atoms with E-state index >= 15 is 0 Å². The molecule has 2 atom stereocenters. The highest BCUT2D eigenvalue weighted by molar-refractivity contribution is 8.15. The normalized spacial score (nSPS) is 25.7. The van der Waals surface area contributed by atoms with E-state index in [2.05, 4.69) is 18.0 Å². The van der Waals surface area contributed by atoms with E-state index in [1.165, 1.54) is 24.2 Å². The molecule has 2 aromatic rings. The number of hydrogen-bond donors (Lipinski definition) is 1. The molecule has 1 saturated carbocycles. The molecule has 1 aromatic heterocycles. The number of pyridine rings is 1. The van der Waals surface area contributed by atoms with Crippen LogP contribution in [0.25, 0.3) is 11.3 Å². The second-order valence-corrected chi connectivity index (χ2v) is 9.38. The molecule has 0 spiro atoms. The summed E-state index contributed by atoms with van der Waals surface area (Å²) in [6.07, 6.45) is 7.61. The number of amides is 2. The van der Waals surface area contributed by atoms with Crippen molar-refractivity contribution in [3.63, 3.8) is 0 Å². The standard InChI is InChI=1S/C22H22N2O3S/c1-22(9-3-2-4-10-22)15-11-13(6-8-17(15)25)16-7-5-14(12-23-16)18-19-20(26)24(18)21(27)28-19/h5-8,11-12,18-19,25H,2-4,9-10H2,1H3. The summed E-state index contributed by atoms with van der Waals surface area (Å²) in [4.78, 5) is 29.5. The van der Waals surface area contributed by atoms with Gasteiger partial charge in [0.15, 0.2) is 0 Å². The van der Waals surface area contributed by atoms with Crippen molar-refractivity contribution < 1.29 is 14.7 Å². The second-order valence-electron chi connectivity index (χ2n) is 8.29. The van der Waals surface area contributed by atoms with Crippen LogP contribution in [0.5, 0.6) is 5.75 Å². The van der Waals surface area contributed by atoms with Crippen molar-refractivity contribution in [2.45, 2.75) is 55.7 Å². The van der Waals surface area contributed by atoms with Gasteiger partial charge in [0.2, 0.25) is 5.91 Å². The number of phenols is 1. The minimum Gasteiger partial charge on any atom is -0.508 e. The first kappa shape index (κ1) is 17.7. The van der Waals surface area contributed by atoms with Gasteiger partial charge in [0.1, 0.15) is 11.0 Å². The largest absolute Gasteiger partial charge is 0.508 e. The lowest BCUT2D eigenvalue weighted by Crippen LogP contribution is -2.50. The highest BCUT2D eigenvalue weighted by atomic mass is 32.2. The first-order chi connectivity index (χ1) is 13.5. The number of nitrogens with zero attached hydrogens (tertiary/aromatic N) is 2. The topological polar surface area (TPSA) is 70.5 Å². The number of fused-ring (bicyclic) bond motifs is 1. The van der Waals surface area contributed by atoms with Crippen molar-refractivity contribution in [3.8, 4) is 17.0 Å². The smallest absolute Gasteiger partial charge is 0.289 e. The summed E-state index contributed by atoms with van der Waals surface area (Å²) >= 11 is 1.11. The molecular weight excluding hydrogens is 372 g/mol. The maximum absolute atomic E-state index is 11.8. The fourth-order valence-electron chi connectivity index (χ4n) is 4.80. The molecule has 4 fully saturated rings. The zero-order valence-electron chi connectivity index (χ0n) is 15.7. The summed E-state index contributed by atoms with van der Waals surface area (Å²) in [6, 6.07) is 9.45. The summed E-state index contributed by atoms with van der Waals surface area (Å²) in [5.41, 5.74) is 3.71. The van der Waals surface area contributed by atoms with Crippen molar-refractivity contribution >= 4 is 22.9 Å². The predicted octanol–water partition coefficient (Wildman–Crippen LogP) is 4.79. The van der Waals surface area contributed by atoms with E-state index in [-0.39, 0.29) is 27.9 Å². The van der Waals surface area contributed by atoms with Crippen LogP contribution in [0.4, 0.5) is 4.79 Å². The predicted molar refractivity (Wildman–Crippen MR) is 108 cm³/mol. The lowest BCUT2D eigenvalue weighted by atomic mass is 9.70. The summed E-state index contributed by atoms with van der Waals surface area (Å²) in [5.74, 6) is 0.269. The maximum Gasteiger partial charge on any atom is 0.289 e. The van der Waals surface area contributed by atoms with Crippen LogP contribution in [0.15, 0.2) is 36.5 Å². The number of carbonyl (C=O) groups is 2.